The Morgan fingerprint density at radius 1 is 1.44 bits per heavy atom. The fourth-order valence-electron chi connectivity index (χ4n) is 1.48. The van der Waals surface area contributed by atoms with Crippen LogP contribution in [0.15, 0.2) is 22.7 Å². The molecule has 3 N–H and O–H groups in total. The van der Waals surface area contributed by atoms with Crippen molar-refractivity contribution in [3.05, 3.63) is 28.2 Å². The molecule has 1 aromatic carbocycles. The average molecular weight is 314 g/mol. The number of carbonyl (C=O) groups excluding carboxylic acids is 2. The Bertz CT molecular complexity index is 463. The van der Waals surface area contributed by atoms with Crippen molar-refractivity contribution >= 4 is 33.4 Å². The molecule has 0 fully saturated rings. The Morgan fingerprint density at radius 3 is 2.61 bits per heavy atom. The van der Waals surface area contributed by atoms with Crippen LogP contribution in [0.3, 0.4) is 0 Å². The van der Waals surface area contributed by atoms with Crippen LogP contribution in [0, 0.1) is 0 Å². The SMILES string of the molecule is CCN(CC(=O)NC)C(=O)c1ccc(Br)cc1N. The number of likely N-dealkylation sites (N-methyl/N-ethyl adjacent to an activating group) is 2. The van der Waals surface area contributed by atoms with E-state index in [0.29, 0.717) is 17.8 Å². The largest absolute Gasteiger partial charge is 0.398 e. The topological polar surface area (TPSA) is 75.4 Å². The highest BCUT2D eigenvalue weighted by Gasteiger charge is 2.18. The number of nitrogen functional groups attached to an aromatic ring is 1. The Morgan fingerprint density at radius 2 is 2.11 bits per heavy atom. The van der Waals surface area contributed by atoms with E-state index >= 15 is 0 Å². The number of nitrogens with one attached hydrogen (secondary N) is 1. The van der Waals surface area contributed by atoms with Gasteiger partial charge in [0.15, 0.2) is 0 Å². The van der Waals surface area contributed by atoms with E-state index in [4.69, 9.17) is 5.73 Å². The summed E-state index contributed by atoms with van der Waals surface area (Å²) in [5.74, 6) is -0.452. The van der Waals surface area contributed by atoms with E-state index in [0.717, 1.165) is 4.47 Å². The molecular formula is C12H16BrN3O2. The fraction of sp³-hybridized carbons (Fsp3) is 0.333. The minimum atomic E-state index is -0.244. The van der Waals surface area contributed by atoms with Crippen LogP contribution in [0.4, 0.5) is 5.69 Å². The lowest BCUT2D eigenvalue weighted by atomic mass is 10.1. The van der Waals surface area contributed by atoms with Gasteiger partial charge in [-0.15, -0.1) is 0 Å². The minimum absolute atomic E-state index is 0.0291. The second-order valence-electron chi connectivity index (χ2n) is 3.72. The monoisotopic (exact) mass is 313 g/mol. The van der Waals surface area contributed by atoms with Gasteiger partial charge in [0.2, 0.25) is 5.91 Å². The maximum absolute atomic E-state index is 12.2. The zero-order chi connectivity index (χ0) is 13.7. The van der Waals surface area contributed by atoms with Gasteiger partial charge in [0.05, 0.1) is 12.1 Å². The normalized spacial score (nSPS) is 9.94. The van der Waals surface area contributed by atoms with Crippen LogP contribution in [0.1, 0.15) is 17.3 Å². The van der Waals surface area contributed by atoms with Crippen LogP contribution < -0.4 is 11.1 Å². The molecule has 5 nitrogen and oxygen atoms in total. The van der Waals surface area contributed by atoms with Gasteiger partial charge in [-0.25, -0.2) is 0 Å². The van der Waals surface area contributed by atoms with Crippen molar-refractivity contribution in [1.82, 2.24) is 10.2 Å². The maximum Gasteiger partial charge on any atom is 0.256 e. The summed E-state index contributed by atoms with van der Waals surface area (Å²) in [5.41, 5.74) is 6.60. The van der Waals surface area contributed by atoms with Gasteiger partial charge in [-0.2, -0.15) is 0 Å². The van der Waals surface area contributed by atoms with Gasteiger partial charge in [0.1, 0.15) is 0 Å². The van der Waals surface area contributed by atoms with Gasteiger partial charge in [-0.05, 0) is 25.1 Å². The average Bonchev–Trinajstić information content (AvgIpc) is 2.34. The first-order valence-electron chi connectivity index (χ1n) is 5.54. The first kappa shape index (κ1) is 14.5. The van der Waals surface area contributed by atoms with Gasteiger partial charge in [0, 0.05) is 23.8 Å². The number of carbonyl (C=O) groups is 2. The molecule has 0 aliphatic carbocycles. The number of amides is 2. The molecule has 0 radical (unpaired) electrons. The van der Waals surface area contributed by atoms with Crippen molar-refractivity contribution in [3.8, 4) is 0 Å². The lowest BCUT2D eigenvalue weighted by Gasteiger charge is -2.20. The molecule has 1 rings (SSSR count). The third-order valence-electron chi connectivity index (χ3n) is 2.53. The Hall–Kier alpha value is -1.56. The minimum Gasteiger partial charge on any atom is -0.398 e. The van der Waals surface area contributed by atoms with E-state index in [-0.39, 0.29) is 18.4 Å². The van der Waals surface area contributed by atoms with Gasteiger partial charge in [0.25, 0.3) is 5.91 Å². The maximum atomic E-state index is 12.2. The third kappa shape index (κ3) is 3.46. The summed E-state index contributed by atoms with van der Waals surface area (Å²) in [7, 11) is 1.54. The molecule has 0 aliphatic heterocycles. The van der Waals surface area contributed by atoms with E-state index < -0.39 is 0 Å². The number of benzene rings is 1. The predicted octanol–water partition coefficient (Wildman–Crippen LogP) is 1.24. The van der Waals surface area contributed by atoms with Crippen molar-refractivity contribution in [2.75, 3.05) is 25.9 Å². The number of nitrogens with two attached hydrogens (primary N) is 1. The van der Waals surface area contributed by atoms with Gasteiger partial charge in [-0.1, -0.05) is 15.9 Å². The Kier molecular flexibility index (Phi) is 5.15. The molecule has 0 saturated heterocycles. The number of hydrogen-bond acceptors (Lipinski definition) is 3. The molecule has 98 valence electrons. The molecule has 2 amide bonds. The van der Waals surface area contributed by atoms with E-state index in [1.165, 1.54) is 11.9 Å². The smallest absolute Gasteiger partial charge is 0.256 e. The van der Waals surface area contributed by atoms with E-state index in [1.54, 1.807) is 18.2 Å². The highest BCUT2D eigenvalue weighted by Crippen LogP contribution is 2.19. The fourth-order valence-corrected chi connectivity index (χ4v) is 1.86. The highest BCUT2D eigenvalue weighted by molar-refractivity contribution is 9.10. The molecule has 1 aromatic rings. The van der Waals surface area contributed by atoms with Crippen LogP contribution in [-0.2, 0) is 4.79 Å². The first-order valence-corrected chi connectivity index (χ1v) is 6.33. The quantitative estimate of drug-likeness (QED) is 0.821. The molecule has 0 saturated carbocycles. The summed E-state index contributed by atoms with van der Waals surface area (Å²) < 4.78 is 0.811. The van der Waals surface area contributed by atoms with Crippen molar-refractivity contribution in [2.24, 2.45) is 0 Å². The third-order valence-corrected chi connectivity index (χ3v) is 3.02. The van der Waals surface area contributed by atoms with Crippen molar-refractivity contribution in [3.63, 3.8) is 0 Å². The molecule has 0 bridgehead atoms. The van der Waals surface area contributed by atoms with Gasteiger partial charge in [-0.3, -0.25) is 9.59 Å². The number of halogens is 1. The molecule has 0 unspecified atom stereocenters. The van der Waals surface area contributed by atoms with Gasteiger partial charge < -0.3 is 16.0 Å². The van der Waals surface area contributed by atoms with Gasteiger partial charge >= 0.3 is 0 Å². The standard InChI is InChI=1S/C12H16BrN3O2/c1-3-16(7-11(17)15-2)12(18)9-5-4-8(13)6-10(9)14/h4-6H,3,7,14H2,1-2H3,(H,15,17). The van der Waals surface area contributed by atoms with Crippen LogP contribution in [0.2, 0.25) is 0 Å². The first-order chi connectivity index (χ1) is 8.49. The van der Waals surface area contributed by atoms with Crippen LogP contribution in [0.5, 0.6) is 0 Å². The summed E-state index contributed by atoms with van der Waals surface area (Å²) in [6.07, 6.45) is 0. The summed E-state index contributed by atoms with van der Waals surface area (Å²) in [6.45, 7) is 2.29. The summed E-state index contributed by atoms with van der Waals surface area (Å²) in [5, 5.41) is 2.49. The molecule has 18 heavy (non-hydrogen) atoms. The lowest BCUT2D eigenvalue weighted by Crippen LogP contribution is -2.39. The van der Waals surface area contributed by atoms with Crippen molar-refractivity contribution in [1.29, 1.82) is 0 Å². The van der Waals surface area contributed by atoms with Crippen LogP contribution in [-0.4, -0.2) is 36.9 Å². The summed E-state index contributed by atoms with van der Waals surface area (Å²) in [4.78, 5) is 25.0. The molecule has 0 atom stereocenters. The van der Waals surface area contributed by atoms with E-state index in [2.05, 4.69) is 21.2 Å². The molecule has 0 spiro atoms. The van der Waals surface area contributed by atoms with E-state index in [9.17, 15) is 9.59 Å². The molecule has 0 aromatic heterocycles. The zero-order valence-electron chi connectivity index (χ0n) is 10.4. The van der Waals surface area contributed by atoms with Crippen molar-refractivity contribution in [2.45, 2.75) is 6.92 Å². The summed E-state index contributed by atoms with van der Waals surface area (Å²) in [6, 6.07) is 5.06. The number of nitrogens with zero attached hydrogens (tertiary/aromatic N) is 1. The molecule has 0 heterocycles. The number of anilines is 1. The zero-order valence-corrected chi connectivity index (χ0v) is 12.0. The van der Waals surface area contributed by atoms with Crippen LogP contribution >= 0.6 is 15.9 Å². The number of hydrogen-bond donors (Lipinski definition) is 2. The van der Waals surface area contributed by atoms with E-state index in [1.807, 2.05) is 6.92 Å². The molecule has 0 aliphatic rings. The van der Waals surface area contributed by atoms with Crippen LogP contribution in [0.25, 0.3) is 0 Å². The summed E-state index contributed by atoms with van der Waals surface area (Å²) >= 11 is 3.28. The number of rotatable bonds is 4. The Labute approximate surface area is 114 Å². The second kappa shape index (κ2) is 6.39. The Balaban J connectivity index is 2.93. The second-order valence-corrected chi connectivity index (χ2v) is 4.64. The lowest BCUT2D eigenvalue weighted by molar-refractivity contribution is -0.121. The molecular weight excluding hydrogens is 298 g/mol. The van der Waals surface area contributed by atoms with Crippen molar-refractivity contribution < 1.29 is 9.59 Å². The predicted molar refractivity (Wildman–Crippen MR) is 74.2 cm³/mol. The highest BCUT2D eigenvalue weighted by atomic mass is 79.9. The molecule has 6 heteroatoms.